The van der Waals surface area contributed by atoms with Crippen LogP contribution in [0.15, 0.2) is 54.6 Å². The molecule has 5 heteroatoms. The highest BCUT2D eigenvalue weighted by atomic mass is 16.5. The zero-order chi connectivity index (χ0) is 22.5. The van der Waals surface area contributed by atoms with Gasteiger partial charge in [-0.25, -0.2) is 4.79 Å². The molecule has 156 valence electrons. The van der Waals surface area contributed by atoms with Gasteiger partial charge < -0.3 is 14.9 Å². The molecular formula is C26H21O5-. The molecule has 31 heavy (non-hydrogen) atoms. The third kappa shape index (κ3) is 3.59. The van der Waals surface area contributed by atoms with Gasteiger partial charge in [-0.2, -0.15) is 0 Å². The molecule has 0 atom stereocenters. The first-order valence-electron chi connectivity index (χ1n) is 9.81. The molecule has 4 rings (SSSR count). The first-order chi connectivity index (χ1) is 14.6. The zero-order valence-electron chi connectivity index (χ0n) is 17.5. The predicted octanol–water partition coefficient (Wildman–Crippen LogP) is 3.45. The van der Waals surface area contributed by atoms with Crippen LogP contribution in [0.1, 0.15) is 52.6 Å². The predicted molar refractivity (Wildman–Crippen MR) is 116 cm³/mol. The van der Waals surface area contributed by atoms with E-state index in [2.05, 4.69) is 6.58 Å². The Kier molecular flexibility index (Phi) is 4.69. The fraction of sp³-hybridized carbons (Fsp3) is 0.154. The molecule has 0 bridgehead atoms. The summed E-state index contributed by atoms with van der Waals surface area (Å²) in [6, 6.07) is 14.5. The van der Waals surface area contributed by atoms with Crippen LogP contribution in [0.25, 0.3) is 12.2 Å². The zero-order valence-corrected chi connectivity index (χ0v) is 17.5. The van der Waals surface area contributed by atoms with Gasteiger partial charge in [-0.15, -0.1) is 5.75 Å². The lowest BCUT2D eigenvalue weighted by Gasteiger charge is -2.24. The van der Waals surface area contributed by atoms with E-state index in [1.165, 1.54) is 18.2 Å². The van der Waals surface area contributed by atoms with E-state index in [0.29, 0.717) is 39.0 Å². The summed E-state index contributed by atoms with van der Waals surface area (Å²) in [4.78, 5) is 24.9. The van der Waals surface area contributed by atoms with Gasteiger partial charge in [-0.1, -0.05) is 63.7 Å². The second-order valence-corrected chi connectivity index (χ2v) is 8.61. The first kappa shape index (κ1) is 20.4. The Morgan fingerprint density at radius 1 is 0.935 bits per heavy atom. The maximum Gasteiger partial charge on any atom is 0.336 e. The smallest absolute Gasteiger partial charge is 0.336 e. The Hall–Kier alpha value is -3.86. The van der Waals surface area contributed by atoms with Crippen LogP contribution >= 0.6 is 0 Å². The number of hydrogen-bond donors (Lipinski definition) is 1. The van der Waals surface area contributed by atoms with Gasteiger partial charge in [0.1, 0.15) is 11.5 Å². The van der Waals surface area contributed by atoms with Crippen LogP contribution in [0.3, 0.4) is 0 Å². The van der Waals surface area contributed by atoms with Crippen molar-refractivity contribution in [3.8, 4) is 17.2 Å². The van der Waals surface area contributed by atoms with Crippen molar-refractivity contribution in [1.29, 1.82) is 0 Å². The highest BCUT2D eigenvalue weighted by Gasteiger charge is 2.27. The number of carboxylic acid groups (broad SMARTS) is 1. The number of rotatable bonds is 3. The van der Waals surface area contributed by atoms with Gasteiger partial charge in [0.05, 0.1) is 5.56 Å². The van der Waals surface area contributed by atoms with Crippen LogP contribution in [0.4, 0.5) is 0 Å². The summed E-state index contributed by atoms with van der Waals surface area (Å²) in [7, 11) is 0. The Bertz CT molecular complexity index is 1360. The lowest BCUT2D eigenvalue weighted by molar-refractivity contribution is -0.268. The van der Waals surface area contributed by atoms with Gasteiger partial charge in [0, 0.05) is 27.3 Å². The topological polar surface area (TPSA) is 86.7 Å². The minimum absolute atomic E-state index is 0.00815. The SMILES string of the molecule is C=c1ccc2c(c1)Oc1cc([O-])ccc1C=2c1ccc(C(=O)C(C)(C)C)cc1C(=O)O. The molecule has 1 N–H and O–H groups in total. The molecule has 0 unspecified atom stereocenters. The fourth-order valence-electron chi connectivity index (χ4n) is 3.72. The van der Waals surface area contributed by atoms with Gasteiger partial charge in [-0.3, -0.25) is 4.79 Å². The van der Waals surface area contributed by atoms with E-state index in [1.807, 2.05) is 12.1 Å². The van der Waals surface area contributed by atoms with Crippen molar-refractivity contribution in [3.63, 3.8) is 0 Å². The van der Waals surface area contributed by atoms with Gasteiger partial charge >= 0.3 is 5.97 Å². The van der Waals surface area contributed by atoms with E-state index in [9.17, 15) is 19.8 Å². The normalized spacial score (nSPS) is 12.5. The molecule has 3 aromatic rings. The third-order valence-corrected chi connectivity index (χ3v) is 5.22. The molecule has 1 aliphatic heterocycles. The van der Waals surface area contributed by atoms with Crippen molar-refractivity contribution in [3.05, 3.63) is 87.3 Å². The lowest BCUT2D eigenvalue weighted by atomic mass is 9.83. The minimum Gasteiger partial charge on any atom is -0.872 e. The number of carbonyl (C=O) groups is 2. The van der Waals surface area contributed by atoms with Crippen LogP contribution < -0.4 is 20.3 Å². The summed E-state index contributed by atoms with van der Waals surface area (Å²) in [5, 5.41) is 23.3. The van der Waals surface area contributed by atoms with Gasteiger partial charge in [-0.05, 0) is 29.0 Å². The fourth-order valence-corrected chi connectivity index (χ4v) is 3.72. The molecular weight excluding hydrogens is 392 g/mol. The Morgan fingerprint density at radius 3 is 2.32 bits per heavy atom. The second kappa shape index (κ2) is 7.13. The minimum atomic E-state index is -1.14. The molecule has 0 amide bonds. The summed E-state index contributed by atoms with van der Waals surface area (Å²) in [6.45, 7) is 9.29. The molecule has 0 aromatic heterocycles. The standard InChI is InChI=1S/C26H22O5/c1-14-5-8-18-21(11-14)31-22-13-16(27)7-10-19(22)23(18)17-9-6-15(12-20(17)25(29)30)24(28)26(2,3)4/h5-13,27H,1H2,2-4H3,(H,29,30)/p-1. The molecule has 0 aliphatic carbocycles. The summed E-state index contributed by atoms with van der Waals surface area (Å²) >= 11 is 0. The highest BCUT2D eigenvalue weighted by molar-refractivity contribution is 6.04. The molecule has 1 heterocycles. The number of aromatic carboxylic acids is 1. The summed E-state index contributed by atoms with van der Waals surface area (Å²) < 4.78 is 5.94. The number of Topliss-reactive ketones (excluding diaryl/α,β-unsaturated/α-hetero) is 1. The van der Waals surface area contributed by atoms with E-state index in [0.717, 1.165) is 5.22 Å². The number of ketones is 1. The maximum atomic E-state index is 12.7. The quantitative estimate of drug-likeness (QED) is 0.520. The number of ether oxygens (including phenoxy) is 1. The van der Waals surface area contributed by atoms with Crippen molar-refractivity contribution in [2.75, 3.05) is 0 Å². The van der Waals surface area contributed by atoms with Gasteiger partial charge in [0.2, 0.25) is 0 Å². The van der Waals surface area contributed by atoms with Crippen molar-refractivity contribution < 1.29 is 24.5 Å². The van der Waals surface area contributed by atoms with E-state index < -0.39 is 11.4 Å². The molecule has 0 saturated heterocycles. The number of carboxylic acids is 1. The number of fused-ring (bicyclic) bond motifs is 2. The molecule has 0 spiro atoms. The second-order valence-electron chi connectivity index (χ2n) is 8.61. The Labute approximate surface area is 179 Å². The van der Waals surface area contributed by atoms with Crippen molar-refractivity contribution >= 4 is 23.9 Å². The molecule has 0 radical (unpaired) electrons. The van der Waals surface area contributed by atoms with Crippen molar-refractivity contribution in [2.45, 2.75) is 20.8 Å². The third-order valence-electron chi connectivity index (χ3n) is 5.22. The molecule has 0 saturated carbocycles. The van der Waals surface area contributed by atoms with Crippen LogP contribution in [0, 0.1) is 5.41 Å². The summed E-state index contributed by atoms with van der Waals surface area (Å²) in [6.07, 6.45) is 0. The summed E-state index contributed by atoms with van der Waals surface area (Å²) in [5.74, 6) is -0.651. The monoisotopic (exact) mass is 413 g/mol. The average Bonchev–Trinajstić information content (AvgIpc) is 2.70. The number of hydrogen-bond acceptors (Lipinski definition) is 4. The number of benzene rings is 3. The van der Waals surface area contributed by atoms with E-state index >= 15 is 0 Å². The van der Waals surface area contributed by atoms with E-state index in [4.69, 9.17) is 4.74 Å². The first-order valence-corrected chi connectivity index (χ1v) is 9.81. The lowest BCUT2D eigenvalue weighted by Crippen LogP contribution is -2.22. The largest absolute Gasteiger partial charge is 0.872 e. The summed E-state index contributed by atoms with van der Waals surface area (Å²) in [5.41, 5.74) is 1.39. The molecule has 5 nitrogen and oxygen atoms in total. The van der Waals surface area contributed by atoms with Gasteiger partial charge in [0.25, 0.3) is 0 Å². The number of carbonyl (C=O) groups excluding carboxylic acids is 1. The Balaban J connectivity index is 2.06. The van der Waals surface area contributed by atoms with Crippen molar-refractivity contribution in [1.82, 2.24) is 0 Å². The van der Waals surface area contributed by atoms with Crippen LogP contribution in [-0.4, -0.2) is 16.9 Å². The maximum absolute atomic E-state index is 12.7. The highest BCUT2D eigenvalue weighted by Crippen LogP contribution is 2.38. The van der Waals surface area contributed by atoms with Gasteiger partial charge in [0.15, 0.2) is 5.78 Å². The van der Waals surface area contributed by atoms with E-state index in [1.54, 1.807) is 45.0 Å². The van der Waals surface area contributed by atoms with E-state index in [-0.39, 0.29) is 17.1 Å². The molecule has 3 aromatic carbocycles. The van der Waals surface area contributed by atoms with Crippen LogP contribution in [0.2, 0.25) is 0 Å². The van der Waals surface area contributed by atoms with Crippen molar-refractivity contribution in [2.24, 2.45) is 5.41 Å². The molecule has 0 fully saturated rings. The molecule has 1 aliphatic rings. The van der Waals surface area contributed by atoms with Crippen LogP contribution in [-0.2, 0) is 0 Å². The Morgan fingerprint density at radius 2 is 1.65 bits per heavy atom. The van der Waals surface area contributed by atoms with Crippen LogP contribution in [0.5, 0.6) is 17.2 Å². The average molecular weight is 413 g/mol.